The van der Waals surface area contributed by atoms with E-state index in [-0.39, 0.29) is 25.7 Å². The second-order valence-corrected chi connectivity index (χ2v) is 28.1. The lowest BCUT2D eigenvalue weighted by Crippen LogP contribution is -2.30. The molecule has 0 saturated carbocycles. The molecular formula is C79H136O17P2. The number of hydrogen-bond donors (Lipinski definition) is 3. The lowest BCUT2D eigenvalue weighted by molar-refractivity contribution is -0.161. The zero-order valence-electron chi connectivity index (χ0n) is 61.4. The van der Waals surface area contributed by atoms with Crippen LogP contribution in [0.15, 0.2) is 109 Å². The number of aliphatic hydroxyl groups is 1. The van der Waals surface area contributed by atoms with Gasteiger partial charge in [0.25, 0.3) is 0 Å². The molecule has 0 amide bonds. The number of aliphatic hydroxyl groups excluding tert-OH is 1. The Kier molecular flexibility index (Phi) is 68.0. The first-order valence-corrected chi connectivity index (χ1v) is 41.1. The number of esters is 4. The molecule has 0 aromatic rings. The van der Waals surface area contributed by atoms with Gasteiger partial charge in [-0.25, -0.2) is 9.13 Å². The average molecular weight is 1420 g/mol. The first-order valence-electron chi connectivity index (χ1n) is 38.1. The van der Waals surface area contributed by atoms with E-state index in [4.69, 9.17) is 37.0 Å². The predicted molar refractivity (Wildman–Crippen MR) is 399 cm³/mol. The Hall–Kier alpha value is -4.28. The van der Waals surface area contributed by atoms with Crippen molar-refractivity contribution in [2.45, 2.75) is 329 Å². The van der Waals surface area contributed by atoms with Gasteiger partial charge in [-0.15, -0.1) is 0 Å². The van der Waals surface area contributed by atoms with Crippen LogP contribution in [0.25, 0.3) is 0 Å². The largest absolute Gasteiger partial charge is 0.472 e. The first-order chi connectivity index (χ1) is 47.7. The molecule has 0 spiro atoms. The molecule has 17 nitrogen and oxygen atoms in total. The highest BCUT2D eigenvalue weighted by molar-refractivity contribution is 7.47. The van der Waals surface area contributed by atoms with Gasteiger partial charge in [0.1, 0.15) is 19.3 Å². The molecule has 0 bridgehead atoms. The van der Waals surface area contributed by atoms with E-state index in [9.17, 15) is 43.2 Å². The van der Waals surface area contributed by atoms with E-state index in [1.807, 2.05) is 18.2 Å². The minimum absolute atomic E-state index is 0.0330. The van der Waals surface area contributed by atoms with Crippen molar-refractivity contribution in [1.29, 1.82) is 0 Å². The number of carbonyl (C=O) groups is 4. The van der Waals surface area contributed by atoms with Gasteiger partial charge in [0.15, 0.2) is 12.2 Å². The quantitative estimate of drug-likeness (QED) is 0.0169. The van der Waals surface area contributed by atoms with E-state index >= 15 is 0 Å². The predicted octanol–water partition coefficient (Wildman–Crippen LogP) is 21.8. The van der Waals surface area contributed by atoms with Gasteiger partial charge in [0.2, 0.25) is 0 Å². The molecular weight excluding hydrogens is 1280 g/mol. The number of phosphoric ester groups is 2. The van der Waals surface area contributed by atoms with Gasteiger partial charge in [-0.1, -0.05) is 298 Å². The van der Waals surface area contributed by atoms with Crippen LogP contribution >= 0.6 is 15.6 Å². The molecule has 0 radical (unpaired) electrons. The Balaban J connectivity index is 5.39. The fourth-order valence-corrected chi connectivity index (χ4v) is 11.6. The van der Waals surface area contributed by atoms with Gasteiger partial charge < -0.3 is 33.8 Å². The number of phosphoric acid groups is 2. The van der Waals surface area contributed by atoms with Crippen LogP contribution in [0.3, 0.4) is 0 Å². The summed E-state index contributed by atoms with van der Waals surface area (Å²) in [5, 5.41) is 10.6. The smallest absolute Gasteiger partial charge is 0.462 e. The minimum atomic E-state index is -4.99. The van der Waals surface area contributed by atoms with E-state index in [2.05, 4.69) is 119 Å². The van der Waals surface area contributed by atoms with Crippen LogP contribution in [0.4, 0.5) is 0 Å². The van der Waals surface area contributed by atoms with Gasteiger partial charge in [-0.05, 0) is 96.3 Å². The van der Waals surface area contributed by atoms with Crippen LogP contribution in [0.2, 0.25) is 0 Å². The Morgan fingerprint density at radius 1 is 0.296 bits per heavy atom. The molecule has 5 atom stereocenters. The molecule has 0 rings (SSSR count). The van der Waals surface area contributed by atoms with Gasteiger partial charge in [-0.3, -0.25) is 37.3 Å². The van der Waals surface area contributed by atoms with Crippen LogP contribution in [0, 0.1) is 0 Å². The summed E-state index contributed by atoms with van der Waals surface area (Å²) >= 11 is 0. The molecule has 98 heavy (non-hydrogen) atoms. The summed E-state index contributed by atoms with van der Waals surface area (Å²) in [7, 11) is -9.96. The maximum absolute atomic E-state index is 13.1. The highest BCUT2D eigenvalue weighted by atomic mass is 31.2. The van der Waals surface area contributed by atoms with Crippen molar-refractivity contribution < 1.29 is 80.2 Å². The zero-order valence-corrected chi connectivity index (χ0v) is 63.2. The Bertz CT molecular complexity index is 2290. The van der Waals surface area contributed by atoms with Crippen molar-refractivity contribution in [3.63, 3.8) is 0 Å². The van der Waals surface area contributed by atoms with Gasteiger partial charge in [-0.2, -0.15) is 0 Å². The molecule has 3 N–H and O–H groups in total. The molecule has 564 valence electrons. The molecule has 0 aromatic carbocycles. The summed E-state index contributed by atoms with van der Waals surface area (Å²) in [6.07, 6.45) is 75.3. The fraction of sp³-hybridized carbons (Fsp3) is 0.722. The van der Waals surface area contributed by atoms with Gasteiger partial charge in [0.05, 0.1) is 26.4 Å². The third-order valence-electron chi connectivity index (χ3n) is 15.8. The molecule has 0 aliphatic rings. The molecule has 0 fully saturated rings. The zero-order chi connectivity index (χ0) is 71.8. The molecule has 0 aromatic heterocycles. The molecule has 0 aliphatic heterocycles. The lowest BCUT2D eigenvalue weighted by atomic mass is 10.1. The second kappa shape index (κ2) is 71.1. The number of ether oxygens (including phenoxy) is 4. The monoisotopic (exact) mass is 1420 g/mol. The van der Waals surface area contributed by atoms with Crippen LogP contribution in [-0.2, 0) is 65.4 Å². The molecule has 0 aliphatic carbocycles. The lowest BCUT2D eigenvalue weighted by Gasteiger charge is -2.21. The van der Waals surface area contributed by atoms with E-state index in [1.165, 1.54) is 83.5 Å². The Morgan fingerprint density at radius 3 is 0.878 bits per heavy atom. The van der Waals surface area contributed by atoms with Crippen LogP contribution < -0.4 is 0 Å². The molecule has 5 unspecified atom stereocenters. The van der Waals surface area contributed by atoms with Crippen molar-refractivity contribution >= 4 is 39.5 Å². The number of unbranched alkanes of at least 4 members (excludes halogenated alkanes) is 27. The van der Waals surface area contributed by atoms with Crippen molar-refractivity contribution in [2.75, 3.05) is 39.6 Å². The highest BCUT2D eigenvalue weighted by Gasteiger charge is 2.30. The number of carbonyl (C=O) groups excluding carboxylic acids is 4. The van der Waals surface area contributed by atoms with Crippen LogP contribution in [0.1, 0.15) is 310 Å². The summed E-state index contributed by atoms with van der Waals surface area (Å²) in [6.45, 7) is 4.55. The van der Waals surface area contributed by atoms with E-state index in [0.29, 0.717) is 32.1 Å². The third kappa shape index (κ3) is 70.2. The van der Waals surface area contributed by atoms with Crippen LogP contribution in [0.5, 0.6) is 0 Å². The summed E-state index contributed by atoms with van der Waals surface area (Å²) in [5.41, 5.74) is 0. The van der Waals surface area contributed by atoms with E-state index in [0.717, 1.165) is 141 Å². The summed E-state index contributed by atoms with van der Waals surface area (Å²) in [6, 6.07) is 0. The number of rotatable bonds is 71. The van der Waals surface area contributed by atoms with Crippen molar-refractivity contribution in [3.8, 4) is 0 Å². The highest BCUT2D eigenvalue weighted by Crippen LogP contribution is 2.45. The maximum Gasteiger partial charge on any atom is 0.472 e. The third-order valence-corrected chi connectivity index (χ3v) is 17.7. The van der Waals surface area contributed by atoms with Gasteiger partial charge in [0, 0.05) is 25.7 Å². The van der Waals surface area contributed by atoms with Crippen LogP contribution in [-0.4, -0.2) is 96.7 Å². The average Bonchev–Trinajstić information content (AvgIpc) is 0.979. The van der Waals surface area contributed by atoms with E-state index in [1.54, 1.807) is 0 Å². The number of allylic oxidation sites excluding steroid dienone is 18. The summed E-state index contributed by atoms with van der Waals surface area (Å²) in [5.74, 6) is -2.27. The Morgan fingerprint density at radius 2 is 0.551 bits per heavy atom. The normalized spacial score (nSPS) is 14.6. The topological polar surface area (TPSA) is 237 Å². The summed E-state index contributed by atoms with van der Waals surface area (Å²) in [4.78, 5) is 72.7. The molecule has 19 heteroatoms. The maximum atomic E-state index is 13.1. The second-order valence-electron chi connectivity index (χ2n) is 25.2. The van der Waals surface area contributed by atoms with Crippen molar-refractivity contribution in [2.24, 2.45) is 0 Å². The number of hydrogen-bond acceptors (Lipinski definition) is 15. The fourth-order valence-electron chi connectivity index (χ4n) is 10.0. The molecule has 0 heterocycles. The minimum Gasteiger partial charge on any atom is -0.462 e. The standard InChI is InChI=1S/C79H136O17P2/c1-5-9-13-17-21-25-29-31-33-35-36-38-39-41-45-48-52-56-60-64-77(82)90-70-75(96-79(84)66-62-58-54-50-46-42-40-37-34-32-30-26-22-18-14-10-6-2)72-94-98(87,88)92-68-73(80)67-91-97(85,86)93-71-74(95-78(83)65-61-57-53-49-44-28-24-20-16-12-8-4)69-89-76(81)63-59-55-51-47-43-27-23-19-15-11-7-3/h9-10,13-14,21-22,25-26,31-34,36,38,41,45,52,56,73-75,80H,5-8,11-12,15-20,23-24,27-30,35,37,39-40,42-44,46-51,53-55,57-72H2,1-4H3,(H,85,86)(H,87,88)/b13-9-,14-10-,25-21-,26-22-,33-31-,34-32-,38-36-,45-41-,56-52-. The molecule has 0 saturated heterocycles. The van der Waals surface area contributed by atoms with Gasteiger partial charge >= 0.3 is 39.5 Å². The summed E-state index contributed by atoms with van der Waals surface area (Å²) < 4.78 is 68.3. The van der Waals surface area contributed by atoms with E-state index < -0.39 is 97.5 Å². The Labute approximate surface area is 594 Å². The van der Waals surface area contributed by atoms with Crippen molar-refractivity contribution in [1.82, 2.24) is 0 Å². The first kappa shape index (κ1) is 93.7. The van der Waals surface area contributed by atoms with Crippen molar-refractivity contribution in [3.05, 3.63) is 109 Å². The SMILES string of the molecule is CC/C=C\C/C=C\C/C=C\C/C=C\C/C=C\C/C=C\CCC(=O)OCC(COP(=O)(O)OCC(O)COP(=O)(O)OCC(COC(=O)CCCCCCCCCCCCC)OC(=O)CCCCCCCCCCCCC)OC(=O)CCCCCCCCC/C=C\C/C=C\C/C=C\CC.